The van der Waals surface area contributed by atoms with Gasteiger partial charge in [0.2, 0.25) is 0 Å². The summed E-state index contributed by atoms with van der Waals surface area (Å²) in [6, 6.07) is 0. The van der Waals surface area contributed by atoms with Gasteiger partial charge in [0, 0.05) is 26.2 Å². The second-order valence-corrected chi connectivity index (χ2v) is 4.89. The van der Waals surface area contributed by atoms with Crippen LogP contribution in [0.1, 0.15) is 32.1 Å². The maximum absolute atomic E-state index is 5.64. The summed E-state index contributed by atoms with van der Waals surface area (Å²) in [7, 11) is 0. The third-order valence-corrected chi connectivity index (χ3v) is 3.62. The van der Waals surface area contributed by atoms with Crippen LogP contribution in [0, 0.1) is 0 Å². The lowest BCUT2D eigenvalue weighted by Gasteiger charge is -2.32. The van der Waals surface area contributed by atoms with Crippen LogP contribution in [0.25, 0.3) is 0 Å². The standard InChI is InChI=1S/C13H24N2O/c14-10-13-11-15(8-9-16-13)7-6-12-4-2-1-3-5-12/h4,13H,1-3,5-11,14H2. The van der Waals surface area contributed by atoms with Crippen molar-refractivity contribution < 1.29 is 4.74 Å². The van der Waals surface area contributed by atoms with Gasteiger partial charge in [0.25, 0.3) is 0 Å². The molecule has 0 aromatic heterocycles. The highest BCUT2D eigenvalue weighted by atomic mass is 16.5. The molecule has 3 nitrogen and oxygen atoms in total. The van der Waals surface area contributed by atoms with Crippen LogP contribution < -0.4 is 5.73 Å². The molecule has 0 saturated carbocycles. The minimum Gasteiger partial charge on any atom is -0.374 e. The topological polar surface area (TPSA) is 38.5 Å². The van der Waals surface area contributed by atoms with E-state index in [-0.39, 0.29) is 6.10 Å². The SMILES string of the molecule is NCC1CN(CCC2=CCCCC2)CCO1. The van der Waals surface area contributed by atoms with Gasteiger partial charge in [-0.05, 0) is 32.1 Å². The molecule has 3 heteroatoms. The molecule has 92 valence electrons. The number of ether oxygens (including phenoxy) is 1. The normalized spacial score (nSPS) is 27.8. The predicted octanol–water partition coefficient (Wildman–Crippen LogP) is 1.54. The van der Waals surface area contributed by atoms with Crippen LogP contribution in [0.3, 0.4) is 0 Å². The van der Waals surface area contributed by atoms with E-state index in [9.17, 15) is 0 Å². The minimum atomic E-state index is 0.258. The number of hydrogen-bond acceptors (Lipinski definition) is 3. The Bertz CT molecular complexity index is 240. The summed E-state index contributed by atoms with van der Waals surface area (Å²) < 4.78 is 5.57. The average molecular weight is 224 g/mol. The van der Waals surface area contributed by atoms with Gasteiger partial charge in [0.15, 0.2) is 0 Å². The minimum absolute atomic E-state index is 0.258. The first-order valence-electron chi connectivity index (χ1n) is 6.60. The fourth-order valence-corrected chi connectivity index (χ4v) is 2.56. The second kappa shape index (κ2) is 6.38. The molecule has 1 fully saturated rings. The highest BCUT2D eigenvalue weighted by Crippen LogP contribution is 2.20. The number of nitrogens with zero attached hydrogens (tertiary/aromatic N) is 1. The first kappa shape index (κ1) is 12.1. The predicted molar refractivity (Wildman–Crippen MR) is 66.4 cm³/mol. The van der Waals surface area contributed by atoms with Crippen molar-refractivity contribution in [2.75, 3.05) is 32.8 Å². The Morgan fingerprint density at radius 2 is 2.38 bits per heavy atom. The lowest BCUT2D eigenvalue weighted by Crippen LogP contribution is -2.45. The Balaban J connectivity index is 1.70. The van der Waals surface area contributed by atoms with Crippen molar-refractivity contribution in [2.45, 2.75) is 38.2 Å². The van der Waals surface area contributed by atoms with E-state index in [2.05, 4.69) is 11.0 Å². The fraction of sp³-hybridized carbons (Fsp3) is 0.846. The number of morpholine rings is 1. The lowest BCUT2D eigenvalue weighted by molar-refractivity contribution is -0.0227. The number of allylic oxidation sites excluding steroid dienone is 1. The zero-order valence-corrected chi connectivity index (χ0v) is 10.2. The van der Waals surface area contributed by atoms with Crippen molar-refractivity contribution in [3.63, 3.8) is 0 Å². The van der Waals surface area contributed by atoms with E-state index < -0.39 is 0 Å². The Morgan fingerprint density at radius 1 is 1.44 bits per heavy atom. The summed E-state index contributed by atoms with van der Waals surface area (Å²) >= 11 is 0. The number of nitrogens with two attached hydrogens (primary N) is 1. The summed E-state index contributed by atoms with van der Waals surface area (Å²) in [5.41, 5.74) is 7.31. The molecule has 1 heterocycles. The molecular formula is C13H24N2O. The van der Waals surface area contributed by atoms with E-state index in [0.717, 1.165) is 19.7 Å². The van der Waals surface area contributed by atoms with Gasteiger partial charge in [0.05, 0.1) is 12.7 Å². The number of rotatable bonds is 4. The van der Waals surface area contributed by atoms with Crippen LogP contribution in [0.5, 0.6) is 0 Å². The van der Waals surface area contributed by atoms with Gasteiger partial charge in [-0.15, -0.1) is 0 Å². The van der Waals surface area contributed by atoms with Gasteiger partial charge >= 0.3 is 0 Å². The summed E-state index contributed by atoms with van der Waals surface area (Å²) in [5.74, 6) is 0. The molecule has 0 aromatic rings. The van der Waals surface area contributed by atoms with Crippen molar-refractivity contribution in [3.05, 3.63) is 11.6 Å². The maximum Gasteiger partial charge on any atom is 0.0824 e. The van der Waals surface area contributed by atoms with Crippen LogP contribution in [0.2, 0.25) is 0 Å². The molecule has 1 unspecified atom stereocenters. The van der Waals surface area contributed by atoms with Crippen molar-refractivity contribution in [1.82, 2.24) is 4.90 Å². The smallest absolute Gasteiger partial charge is 0.0824 e. The Morgan fingerprint density at radius 3 is 3.12 bits per heavy atom. The van der Waals surface area contributed by atoms with E-state index in [4.69, 9.17) is 10.5 Å². The van der Waals surface area contributed by atoms with Crippen LogP contribution in [0.4, 0.5) is 0 Å². The quantitative estimate of drug-likeness (QED) is 0.736. The lowest BCUT2D eigenvalue weighted by atomic mass is 9.97. The molecule has 16 heavy (non-hydrogen) atoms. The van der Waals surface area contributed by atoms with Crippen molar-refractivity contribution in [1.29, 1.82) is 0 Å². The molecule has 2 N–H and O–H groups in total. The first-order chi connectivity index (χ1) is 7.88. The molecule has 0 amide bonds. The Hall–Kier alpha value is -0.380. The van der Waals surface area contributed by atoms with E-state index >= 15 is 0 Å². The highest BCUT2D eigenvalue weighted by Gasteiger charge is 2.18. The zero-order chi connectivity index (χ0) is 11.2. The molecule has 2 rings (SSSR count). The summed E-state index contributed by atoms with van der Waals surface area (Å²) in [4.78, 5) is 2.50. The van der Waals surface area contributed by atoms with Crippen molar-refractivity contribution >= 4 is 0 Å². The molecule has 1 aliphatic carbocycles. The van der Waals surface area contributed by atoms with Crippen molar-refractivity contribution in [3.8, 4) is 0 Å². The molecule has 0 bridgehead atoms. The van der Waals surface area contributed by atoms with E-state index in [0.29, 0.717) is 6.54 Å². The molecule has 0 radical (unpaired) electrons. The van der Waals surface area contributed by atoms with Gasteiger partial charge in [-0.3, -0.25) is 4.90 Å². The molecule has 1 atom stereocenters. The third kappa shape index (κ3) is 3.58. The van der Waals surface area contributed by atoms with E-state index in [1.807, 2.05) is 0 Å². The third-order valence-electron chi connectivity index (χ3n) is 3.62. The van der Waals surface area contributed by atoms with Gasteiger partial charge < -0.3 is 10.5 Å². The van der Waals surface area contributed by atoms with Gasteiger partial charge in [-0.2, -0.15) is 0 Å². The maximum atomic E-state index is 5.64. The first-order valence-corrected chi connectivity index (χ1v) is 6.60. The summed E-state index contributed by atoms with van der Waals surface area (Å²) in [6.45, 7) is 4.78. The Kier molecular flexibility index (Phi) is 4.82. The van der Waals surface area contributed by atoms with Crippen LogP contribution in [-0.4, -0.2) is 43.8 Å². The van der Waals surface area contributed by atoms with Crippen LogP contribution in [0.15, 0.2) is 11.6 Å². The van der Waals surface area contributed by atoms with Crippen LogP contribution in [-0.2, 0) is 4.74 Å². The highest BCUT2D eigenvalue weighted by molar-refractivity contribution is 5.05. The summed E-state index contributed by atoms with van der Waals surface area (Å²) in [6.07, 6.45) is 9.35. The van der Waals surface area contributed by atoms with Crippen LogP contribution >= 0.6 is 0 Å². The van der Waals surface area contributed by atoms with Gasteiger partial charge in [-0.1, -0.05) is 11.6 Å². The monoisotopic (exact) mass is 224 g/mol. The van der Waals surface area contributed by atoms with Gasteiger partial charge in [0.1, 0.15) is 0 Å². The molecule has 2 aliphatic rings. The number of hydrogen-bond donors (Lipinski definition) is 1. The van der Waals surface area contributed by atoms with Gasteiger partial charge in [-0.25, -0.2) is 0 Å². The molecule has 0 spiro atoms. The largest absolute Gasteiger partial charge is 0.374 e. The molecular weight excluding hydrogens is 200 g/mol. The summed E-state index contributed by atoms with van der Waals surface area (Å²) in [5, 5.41) is 0. The fourth-order valence-electron chi connectivity index (χ4n) is 2.56. The molecule has 1 aliphatic heterocycles. The van der Waals surface area contributed by atoms with E-state index in [1.54, 1.807) is 5.57 Å². The molecule has 1 saturated heterocycles. The van der Waals surface area contributed by atoms with E-state index in [1.165, 1.54) is 38.6 Å². The Labute approximate surface area is 98.6 Å². The zero-order valence-electron chi connectivity index (χ0n) is 10.2. The van der Waals surface area contributed by atoms with Crippen molar-refractivity contribution in [2.24, 2.45) is 5.73 Å². The second-order valence-electron chi connectivity index (χ2n) is 4.89. The molecule has 0 aromatic carbocycles. The average Bonchev–Trinajstić information content (AvgIpc) is 2.38.